The number of hydrogen-bond donors (Lipinski definition) is 0. The molecule has 0 radical (unpaired) electrons. The topological polar surface area (TPSA) is 0 Å². The number of rotatable bonds is 6. The standard InChI is InChI=1S/C14H24/c1-12(2)8-6-10-14(5)11-7-9-13(3)4/h9-10H,1,6-8,11H2,2-5H3/b14-10+. The summed E-state index contributed by atoms with van der Waals surface area (Å²) < 4.78 is 0. The van der Waals surface area contributed by atoms with Crippen LogP contribution in [0.2, 0.25) is 0 Å². The van der Waals surface area contributed by atoms with E-state index in [9.17, 15) is 0 Å². The molecule has 0 atom stereocenters. The maximum atomic E-state index is 3.90. The van der Waals surface area contributed by atoms with E-state index in [1.807, 2.05) is 0 Å². The van der Waals surface area contributed by atoms with Crippen LogP contribution in [-0.4, -0.2) is 0 Å². The van der Waals surface area contributed by atoms with Gasteiger partial charge in [0.25, 0.3) is 0 Å². The lowest BCUT2D eigenvalue weighted by Crippen LogP contribution is -1.79. The van der Waals surface area contributed by atoms with Crippen LogP contribution in [-0.2, 0) is 0 Å². The Morgan fingerprint density at radius 1 is 0.929 bits per heavy atom. The van der Waals surface area contributed by atoms with E-state index in [1.54, 1.807) is 0 Å². The fraction of sp³-hybridized carbons (Fsp3) is 0.571. The summed E-state index contributed by atoms with van der Waals surface area (Å²) >= 11 is 0. The Morgan fingerprint density at radius 3 is 2.00 bits per heavy atom. The third kappa shape index (κ3) is 9.31. The number of allylic oxidation sites excluding steroid dienone is 5. The van der Waals surface area contributed by atoms with Crippen molar-refractivity contribution in [1.29, 1.82) is 0 Å². The Labute approximate surface area is 89.4 Å². The summed E-state index contributed by atoms with van der Waals surface area (Å²) in [7, 11) is 0. The zero-order chi connectivity index (χ0) is 11.0. The van der Waals surface area contributed by atoms with E-state index < -0.39 is 0 Å². The molecule has 0 aliphatic rings. The van der Waals surface area contributed by atoms with Crippen LogP contribution in [0.5, 0.6) is 0 Å². The van der Waals surface area contributed by atoms with Gasteiger partial charge in [0.1, 0.15) is 0 Å². The minimum Gasteiger partial charge on any atom is -0.100 e. The molecule has 0 nitrogen and oxygen atoms in total. The molecule has 80 valence electrons. The Hall–Kier alpha value is -0.780. The van der Waals surface area contributed by atoms with Crippen LogP contribution in [0.4, 0.5) is 0 Å². The summed E-state index contributed by atoms with van der Waals surface area (Å²) in [5, 5.41) is 0. The summed E-state index contributed by atoms with van der Waals surface area (Å²) in [6.07, 6.45) is 9.29. The van der Waals surface area contributed by atoms with Crippen LogP contribution in [0, 0.1) is 0 Å². The molecule has 0 heterocycles. The van der Waals surface area contributed by atoms with Gasteiger partial charge < -0.3 is 0 Å². The van der Waals surface area contributed by atoms with Crippen molar-refractivity contribution in [3.05, 3.63) is 35.5 Å². The Kier molecular flexibility index (Phi) is 7.18. The van der Waals surface area contributed by atoms with Gasteiger partial charge in [0, 0.05) is 0 Å². The molecule has 0 saturated carbocycles. The molecular weight excluding hydrogens is 168 g/mol. The summed E-state index contributed by atoms with van der Waals surface area (Å²) in [5.74, 6) is 0. The van der Waals surface area contributed by atoms with Gasteiger partial charge in [-0.05, 0) is 53.4 Å². The SMILES string of the molecule is C=C(C)CC/C=C(\C)CCC=C(C)C. The monoisotopic (exact) mass is 192 g/mol. The Bertz CT molecular complexity index is 224. The van der Waals surface area contributed by atoms with Crippen LogP contribution in [0.1, 0.15) is 53.4 Å². The minimum absolute atomic E-state index is 1.12. The van der Waals surface area contributed by atoms with Crippen molar-refractivity contribution in [1.82, 2.24) is 0 Å². The first-order chi connectivity index (χ1) is 6.52. The van der Waals surface area contributed by atoms with Crippen molar-refractivity contribution in [2.45, 2.75) is 53.4 Å². The van der Waals surface area contributed by atoms with E-state index >= 15 is 0 Å². The molecule has 0 bridgehead atoms. The maximum absolute atomic E-state index is 3.90. The van der Waals surface area contributed by atoms with Crippen LogP contribution < -0.4 is 0 Å². The molecule has 0 aromatic rings. The molecule has 0 saturated heterocycles. The van der Waals surface area contributed by atoms with Crippen molar-refractivity contribution in [3.8, 4) is 0 Å². The molecule has 0 aromatic heterocycles. The fourth-order valence-corrected chi connectivity index (χ4v) is 1.26. The second kappa shape index (κ2) is 7.61. The molecule has 0 rings (SSSR count). The van der Waals surface area contributed by atoms with Crippen molar-refractivity contribution in [3.63, 3.8) is 0 Å². The molecule has 0 aliphatic heterocycles. The van der Waals surface area contributed by atoms with Crippen LogP contribution in [0.15, 0.2) is 35.5 Å². The van der Waals surface area contributed by atoms with E-state index in [0.29, 0.717) is 0 Å². The van der Waals surface area contributed by atoms with Gasteiger partial charge in [-0.1, -0.05) is 28.9 Å². The highest BCUT2D eigenvalue weighted by molar-refractivity contribution is 5.03. The highest BCUT2D eigenvalue weighted by Crippen LogP contribution is 2.10. The van der Waals surface area contributed by atoms with Crippen LogP contribution in [0.25, 0.3) is 0 Å². The minimum atomic E-state index is 1.12. The third-order valence-corrected chi connectivity index (χ3v) is 2.16. The summed E-state index contributed by atoms with van der Waals surface area (Å²) in [5.41, 5.74) is 4.20. The molecule has 0 spiro atoms. The van der Waals surface area contributed by atoms with Crippen molar-refractivity contribution < 1.29 is 0 Å². The zero-order valence-electron chi connectivity index (χ0n) is 10.2. The molecule has 0 amide bonds. The highest BCUT2D eigenvalue weighted by Gasteiger charge is 1.89. The molecule has 0 aromatic carbocycles. The van der Waals surface area contributed by atoms with E-state index in [1.165, 1.54) is 29.6 Å². The molecular formula is C14H24. The lowest BCUT2D eigenvalue weighted by molar-refractivity contribution is 0.920. The zero-order valence-corrected chi connectivity index (χ0v) is 10.2. The lowest BCUT2D eigenvalue weighted by Gasteiger charge is -1.99. The quantitative estimate of drug-likeness (QED) is 0.517. The van der Waals surface area contributed by atoms with Gasteiger partial charge in [0.15, 0.2) is 0 Å². The van der Waals surface area contributed by atoms with E-state index in [0.717, 1.165) is 12.8 Å². The van der Waals surface area contributed by atoms with Gasteiger partial charge >= 0.3 is 0 Å². The second-order valence-corrected chi connectivity index (χ2v) is 4.37. The molecule has 0 aliphatic carbocycles. The lowest BCUT2D eigenvalue weighted by atomic mass is 10.1. The molecule has 14 heavy (non-hydrogen) atoms. The molecule has 0 fully saturated rings. The average molecular weight is 192 g/mol. The van der Waals surface area contributed by atoms with E-state index in [4.69, 9.17) is 0 Å². The first-order valence-electron chi connectivity index (χ1n) is 5.45. The molecule has 0 N–H and O–H groups in total. The highest BCUT2D eigenvalue weighted by atomic mass is 14.0. The first kappa shape index (κ1) is 13.2. The van der Waals surface area contributed by atoms with Gasteiger partial charge in [0.05, 0.1) is 0 Å². The smallest absolute Gasteiger partial charge is 0.0288 e. The van der Waals surface area contributed by atoms with Crippen molar-refractivity contribution >= 4 is 0 Å². The van der Waals surface area contributed by atoms with Crippen LogP contribution >= 0.6 is 0 Å². The van der Waals surface area contributed by atoms with Gasteiger partial charge in [0.2, 0.25) is 0 Å². The van der Waals surface area contributed by atoms with Crippen LogP contribution in [0.3, 0.4) is 0 Å². The first-order valence-corrected chi connectivity index (χ1v) is 5.45. The van der Waals surface area contributed by atoms with Gasteiger partial charge in [-0.2, -0.15) is 0 Å². The van der Waals surface area contributed by atoms with Crippen molar-refractivity contribution in [2.24, 2.45) is 0 Å². The molecule has 0 unspecified atom stereocenters. The third-order valence-electron chi connectivity index (χ3n) is 2.16. The molecule has 0 heteroatoms. The van der Waals surface area contributed by atoms with E-state index in [2.05, 4.69) is 46.4 Å². The Balaban J connectivity index is 3.67. The second-order valence-electron chi connectivity index (χ2n) is 4.37. The fourth-order valence-electron chi connectivity index (χ4n) is 1.26. The Morgan fingerprint density at radius 2 is 1.50 bits per heavy atom. The number of hydrogen-bond acceptors (Lipinski definition) is 0. The largest absolute Gasteiger partial charge is 0.100 e. The van der Waals surface area contributed by atoms with Gasteiger partial charge in [-0.15, -0.1) is 6.58 Å². The predicted octanol–water partition coefficient (Wildman–Crippen LogP) is 5.04. The summed E-state index contributed by atoms with van der Waals surface area (Å²) in [6.45, 7) is 12.5. The van der Waals surface area contributed by atoms with Gasteiger partial charge in [-0.3, -0.25) is 0 Å². The van der Waals surface area contributed by atoms with Gasteiger partial charge in [-0.25, -0.2) is 0 Å². The average Bonchev–Trinajstić information content (AvgIpc) is 2.02. The maximum Gasteiger partial charge on any atom is -0.0288 e. The summed E-state index contributed by atoms with van der Waals surface area (Å²) in [6, 6.07) is 0. The van der Waals surface area contributed by atoms with Crippen molar-refractivity contribution in [2.75, 3.05) is 0 Å². The van der Waals surface area contributed by atoms with E-state index in [-0.39, 0.29) is 0 Å². The summed E-state index contributed by atoms with van der Waals surface area (Å²) in [4.78, 5) is 0. The normalized spacial score (nSPS) is 11.3. The predicted molar refractivity (Wildman–Crippen MR) is 66.5 cm³/mol.